The smallest absolute Gasteiger partial charge is 0.354 e. The van der Waals surface area contributed by atoms with Crippen LogP contribution in [0.4, 0.5) is 4.79 Å². The van der Waals surface area contributed by atoms with E-state index in [0.717, 1.165) is 12.8 Å². The molecule has 7 nitrogen and oxygen atoms in total. The molecule has 1 saturated carbocycles. The minimum Gasteiger partial charge on any atom is -0.464 e. The molecular formula is C18H27N3O4. The minimum atomic E-state index is -0.473. The molecule has 0 radical (unpaired) electrons. The van der Waals surface area contributed by atoms with E-state index in [1.807, 2.05) is 13.8 Å². The maximum atomic E-state index is 12.9. The summed E-state index contributed by atoms with van der Waals surface area (Å²) in [7, 11) is 3.05. The molecule has 0 spiro atoms. The number of carbonyl (C=O) groups is 3. The highest BCUT2D eigenvalue weighted by molar-refractivity contribution is 6.04. The molecule has 138 valence electrons. The molecule has 1 aliphatic carbocycles. The summed E-state index contributed by atoms with van der Waals surface area (Å²) < 4.78 is 6.48. The number of ketones is 1. The SMILES string of the molecule is COC(=O)c1c(C)c(C(=O)CN(C(=O)NC(C)C)C2CC2)c(C)n1C. The number of urea groups is 1. The lowest BCUT2D eigenvalue weighted by Crippen LogP contribution is -2.46. The standard InChI is InChI=1S/C18H27N3O4/c1-10(2)19-18(24)21(13-7-8-13)9-14(22)15-11(3)16(17(23)25-6)20(5)12(15)4/h10,13H,7-9H2,1-6H3,(H,19,24). The van der Waals surface area contributed by atoms with Crippen molar-refractivity contribution in [3.8, 4) is 0 Å². The summed E-state index contributed by atoms with van der Waals surface area (Å²) in [6.45, 7) is 7.32. The predicted molar refractivity (Wildman–Crippen MR) is 94.0 cm³/mol. The number of aromatic nitrogens is 1. The molecule has 0 aromatic carbocycles. The van der Waals surface area contributed by atoms with Crippen molar-refractivity contribution in [1.29, 1.82) is 0 Å². The van der Waals surface area contributed by atoms with Gasteiger partial charge in [-0.15, -0.1) is 0 Å². The first kappa shape index (κ1) is 19.0. The number of methoxy groups -OCH3 is 1. The Balaban J connectivity index is 2.28. The van der Waals surface area contributed by atoms with Crippen LogP contribution in [0.15, 0.2) is 0 Å². The molecule has 1 fully saturated rings. The first-order chi connectivity index (χ1) is 11.7. The van der Waals surface area contributed by atoms with Crippen LogP contribution in [0.25, 0.3) is 0 Å². The van der Waals surface area contributed by atoms with Gasteiger partial charge in [0.25, 0.3) is 0 Å². The third kappa shape index (κ3) is 3.86. The number of nitrogens with one attached hydrogen (secondary N) is 1. The Morgan fingerprint density at radius 2 is 1.88 bits per heavy atom. The van der Waals surface area contributed by atoms with Gasteiger partial charge in [0.05, 0.1) is 13.7 Å². The zero-order valence-electron chi connectivity index (χ0n) is 15.8. The van der Waals surface area contributed by atoms with E-state index in [2.05, 4.69) is 5.32 Å². The van der Waals surface area contributed by atoms with Crippen molar-refractivity contribution in [3.63, 3.8) is 0 Å². The summed E-state index contributed by atoms with van der Waals surface area (Å²) in [6, 6.07) is -0.0904. The largest absolute Gasteiger partial charge is 0.464 e. The number of esters is 1. The Hall–Kier alpha value is -2.31. The van der Waals surface area contributed by atoms with E-state index in [1.54, 1.807) is 30.4 Å². The van der Waals surface area contributed by atoms with E-state index in [9.17, 15) is 14.4 Å². The molecule has 0 aliphatic heterocycles. The van der Waals surface area contributed by atoms with E-state index in [-0.39, 0.29) is 30.4 Å². The first-order valence-corrected chi connectivity index (χ1v) is 8.53. The van der Waals surface area contributed by atoms with Gasteiger partial charge in [0.2, 0.25) is 0 Å². The fraction of sp³-hybridized carbons (Fsp3) is 0.611. The predicted octanol–water partition coefficient (Wildman–Crippen LogP) is 2.19. The van der Waals surface area contributed by atoms with E-state index in [0.29, 0.717) is 22.5 Å². The second-order valence-electron chi connectivity index (χ2n) is 6.87. The number of hydrogen-bond acceptors (Lipinski definition) is 4. The van der Waals surface area contributed by atoms with Crippen molar-refractivity contribution in [3.05, 3.63) is 22.5 Å². The molecule has 1 N–H and O–H groups in total. The number of amides is 2. The van der Waals surface area contributed by atoms with Crippen molar-refractivity contribution < 1.29 is 19.1 Å². The third-order valence-corrected chi connectivity index (χ3v) is 4.56. The molecule has 2 rings (SSSR count). The van der Waals surface area contributed by atoms with Gasteiger partial charge in [0.1, 0.15) is 5.69 Å². The Labute approximate surface area is 148 Å². The van der Waals surface area contributed by atoms with Crippen molar-refractivity contribution in [1.82, 2.24) is 14.8 Å². The molecule has 0 atom stereocenters. The Morgan fingerprint density at radius 1 is 1.28 bits per heavy atom. The van der Waals surface area contributed by atoms with E-state index in [4.69, 9.17) is 4.74 Å². The second-order valence-corrected chi connectivity index (χ2v) is 6.87. The minimum absolute atomic E-state index is 0.00924. The molecule has 1 aliphatic rings. The van der Waals surface area contributed by atoms with Crippen LogP contribution < -0.4 is 5.32 Å². The maximum absolute atomic E-state index is 12.9. The van der Waals surface area contributed by atoms with E-state index in [1.165, 1.54) is 7.11 Å². The van der Waals surface area contributed by atoms with Gasteiger partial charge in [-0.05, 0) is 46.1 Å². The zero-order valence-corrected chi connectivity index (χ0v) is 15.8. The van der Waals surface area contributed by atoms with Gasteiger partial charge in [-0.25, -0.2) is 9.59 Å². The molecule has 1 aromatic heterocycles. The highest BCUT2D eigenvalue weighted by atomic mass is 16.5. The number of rotatable bonds is 6. The van der Waals surface area contributed by atoms with Crippen LogP contribution in [-0.4, -0.2) is 53.0 Å². The van der Waals surface area contributed by atoms with Crippen molar-refractivity contribution in [2.24, 2.45) is 7.05 Å². The van der Waals surface area contributed by atoms with Crippen molar-refractivity contribution in [2.45, 2.75) is 52.6 Å². The van der Waals surface area contributed by atoms with Crippen LogP contribution in [0.3, 0.4) is 0 Å². The molecule has 1 aromatic rings. The summed E-state index contributed by atoms with van der Waals surface area (Å²) in [5, 5.41) is 2.85. The molecule has 2 amide bonds. The summed E-state index contributed by atoms with van der Waals surface area (Å²) in [5.74, 6) is -0.634. The molecular weight excluding hydrogens is 322 g/mol. The van der Waals surface area contributed by atoms with E-state index >= 15 is 0 Å². The van der Waals surface area contributed by atoms with E-state index < -0.39 is 5.97 Å². The summed E-state index contributed by atoms with van der Waals surface area (Å²) >= 11 is 0. The normalized spacial score (nSPS) is 13.7. The fourth-order valence-corrected chi connectivity index (χ4v) is 3.09. The summed E-state index contributed by atoms with van der Waals surface area (Å²) in [6.07, 6.45) is 1.83. The van der Waals surface area contributed by atoms with Crippen molar-refractivity contribution in [2.75, 3.05) is 13.7 Å². The monoisotopic (exact) mass is 349 g/mol. The van der Waals surface area contributed by atoms with Crippen LogP contribution in [0.5, 0.6) is 0 Å². The number of nitrogens with zero attached hydrogens (tertiary/aromatic N) is 2. The van der Waals surface area contributed by atoms with Crippen LogP contribution in [0, 0.1) is 13.8 Å². The molecule has 25 heavy (non-hydrogen) atoms. The van der Waals surface area contributed by atoms with Gasteiger partial charge < -0.3 is 19.5 Å². The van der Waals surface area contributed by atoms with Gasteiger partial charge >= 0.3 is 12.0 Å². The topological polar surface area (TPSA) is 80.6 Å². The van der Waals surface area contributed by atoms with Gasteiger partial charge in [-0.1, -0.05) is 0 Å². The lowest BCUT2D eigenvalue weighted by molar-refractivity contribution is 0.0588. The Kier molecular flexibility index (Phi) is 5.55. The first-order valence-electron chi connectivity index (χ1n) is 8.53. The molecule has 1 heterocycles. The van der Waals surface area contributed by atoms with Crippen LogP contribution in [0.2, 0.25) is 0 Å². The summed E-state index contributed by atoms with van der Waals surface area (Å²) in [5.41, 5.74) is 2.15. The fourth-order valence-electron chi connectivity index (χ4n) is 3.09. The Morgan fingerprint density at radius 3 is 2.36 bits per heavy atom. The maximum Gasteiger partial charge on any atom is 0.354 e. The lowest BCUT2D eigenvalue weighted by atomic mass is 10.1. The van der Waals surface area contributed by atoms with Gasteiger partial charge in [0, 0.05) is 30.4 Å². The quantitative estimate of drug-likeness (QED) is 0.631. The second kappa shape index (κ2) is 7.29. The number of Topliss-reactive ketones (excluding diaryl/α,β-unsaturated/α-hetero) is 1. The van der Waals surface area contributed by atoms with Crippen LogP contribution in [-0.2, 0) is 11.8 Å². The van der Waals surface area contributed by atoms with Crippen molar-refractivity contribution >= 4 is 17.8 Å². The Bertz CT molecular complexity index is 702. The average molecular weight is 349 g/mol. The number of ether oxygens (including phenoxy) is 1. The average Bonchev–Trinajstić information content (AvgIpc) is 3.33. The van der Waals surface area contributed by atoms with Gasteiger partial charge in [0.15, 0.2) is 5.78 Å². The highest BCUT2D eigenvalue weighted by Crippen LogP contribution is 2.28. The summed E-state index contributed by atoms with van der Waals surface area (Å²) in [4.78, 5) is 38.9. The van der Waals surface area contributed by atoms with Crippen LogP contribution >= 0.6 is 0 Å². The lowest BCUT2D eigenvalue weighted by Gasteiger charge is -2.23. The number of hydrogen-bond donors (Lipinski definition) is 1. The molecule has 0 bridgehead atoms. The highest BCUT2D eigenvalue weighted by Gasteiger charge is 2.35. The van der Waals surface area contributed by atoms with Gasteiger partial charge in [-0.2, -0.15) is 0 Å². The third-order valence-electron chi connectivity index (χ3n) is 4.56. The molecule has 7 heteroatoms. The van der Waals surface area contributed by atoms with Crippen LogP contribution in [0.1, 0.15) is 58.8 Å². The molecule has 0 unspecified atom stereocenters. The molecule has 0 saturated heterocycles. The number of carbonyl (C=O) groups excluding carboxylic acids is 3. The zero-order chi connectivity index (χ0) is 18.9. The van der Waals surface area contributed by atoms with Gasteiger partial charge in [-0.3, -0.25) is 4.79 Å².